The standard InChI is InChI=1S/C8H7ClN2OS/c1-5(9)7-10-8(12-11-7)6-3-2-4-13-6/h2-5H,1H3. The lowest BCUT2D eigenvalue weighted by Gasteiger charge is -1.89. The fourth-order valence-electron chi connectivity index (χ4n) is 0.897. The lowest BCUT2D eigenvalue weighted by Crippen LogP contribution is -1.85. The van der Waals surface area contributed by atoms with E-state index >= 15 is 0 Å². The Morgan fingerprint density at radius 3 is 3.00 bits per heavy atom. The third-order valence-corrected chi connectivity index (χ3v) is 2.58. The first kappa shape index (κ1) is 8.72. The zero-order valence-corrected chi connectivity index (χ0v) is 8.47. The minimum Gasteiger partial charge on any atom is -0.333 e. The van der Waals surface area contributed by atoms with E-state index in [1.165, 1.54) is 0 Å². The van der Waals surface area contributed by atoms with Gasteiger partial charge in [0.1, 0.15) is 0 Å². The Labute approximate surface area is 84.3 Å². The molecule has 0 aliphatic carbocycles. The average Bonchev–Trinajstić information content (AvgIpc) is 2.75. The molecule has 0 fully saturated rings. The molecule has 0 bridgehead atoms. The van der Waals surface area contributed by atoms with E-state index < -0.39 is 0 Å². The summed E-state index contributed by atoms with van der Waals surface area (Å²) in [6, 6.07) is 3.87. The van der Waals surface area contributed by atoms with Crippen LogP contribution in [0.3, 0.4) is 0 Å². The zero-order valence-electron chi connectivity index (χ0n) is 6.90. The first-order valence-corrected chi connectivity index (χ1v) is 5.10. The fraction of sp³-hybridized carbons (Fsp3) is 0.250. The van der Waals surface area contributed by atoms with Crippen LogP contribution in [0.2, 0.25) is 0 Å². The summed E-state index contributed by atoms with van der Waals surface area (Å²) in [4.78, 5) is 5.12. The summed E-state index contributed by atoms with van der Waals surface area (Å²) in [7, 11) is 0. The number of nitrogens with zero attached hydrogens (tertiary/aromatic N) is 2. The predicted octanol–water partition coefficient (Wildman–Crippen LogP) is 3.10. The van der Waals surface area contributed by atoms with Gasteiger partial charge in [-0.1, -0.05) is 11.2 Å². The molecule has 68 valence electrons. The Kier molecular flexibility index (Phi) is 2.33. The van der Waals surface area contributed by atoms with Crippen LogP contribution in [-0.4, -0.2) is 10.1 Å². The number of aromatic nitrogens is 2. The number of hydrogen-bond acceptors (Lipinski definition) is 4. The second kappa shape index (κ2) is 3.47. The molecular weight excluding hydrogens is 208 g/mol. The van der Waals surface area contributed by atoms with Crippen molar-refractivity contribution in [3.63, 3.8) is 0 Å². The fourth-order valence-corrected chi connectivity index (χ4v) is 1.63. The van der Waals surface area contributed by atoms with Crippen LogP contribution in [0.1, 0.15) is 18.1 Å². The van der Waals surface area contributed by atoms with Crippen LogP contribution in [0.5, 0.6) is 0 Å². The molecule has 0 radical (unpaired) electrons. The van der Waals surface area contributed by atoms with Crippen LogP contribution in [0.15, 0.2) is 22.0 Å². The molecule has 2 rings (SSSR count). The zero-order chi connectivity index (χ0) is 9.26. The lowest BCUT2D eigenvalue weighted by atomic mass is 10.4. The molecule has 1 unspecified atom stereocenters. The van der Waals surface area contributed by atoms with Gasteiger partial charge in [0.15, 0.2) is 5.82 Å². The molecule has 2 aromatic heterocycles. The van der Waals surface area contributed by atoms with Gasteiger partial charge in [0.05, 0.1) is 10.3 Å². The van der Waals surface area contributed by atoms with E-state index in [0.29, 0.717) is 11.7 Å². The largest absolute Gasteiger partial charge is 0.333 e. The monoisotopic (exact) mass is 214 g/mol. The van der Waals surface area contributed by atoms with Gasteiger partial charge in [-0.05, 0) is 18.4 Å². The SMILES string of the molecule is CC(Cl)c1noc(-c2cccs2)n1. The van der Waals surface area contributed by atoms with E-state index in [4.69, 9.17) is 16.1 Å². The highest BCUT2D eigenvalue weighted by Crippen LogP contribution is 2.25. The van der Waals surface area contributed by atoms with Crippen LogP contribution in [0.4, 0.5) is 0 Å². The van der Waals surface area contributed by atoms with E-state index in [9.17, 15) is 0 Å². The molecule has 0 amide bonds. The van der Waals surface area contributed by atoms with E-state index in [0.717, 1.165) is 4.88 Å². The Bertz CT molecular complexity index is 383. The Balaban J connectivity index is 2.33. The summed E-state index contributed by atoms with van der Waals surface area (Å²) in [5.41, 5.74) is 0. The third kappa shape index (κ3) is 1.73. The molecule has 2 heterocycles. The molecular formula is C8H7ClN2OS. The van der Waals surface area contributed by atoms with Crippen LogP contribution < -0.4 is 0 Å². The molecule has 13 heavy (non-hydrogen) atoms. The summed E-state index contributed by atoms with van der Waals surface area (Å²) >= 11 is 7.36. The number of thiophene rings is 1. The molecule has 5 heteroatoms. The first-order chi connectivity index (χ1) is 6.27. The number of rotatable bonds is 2. The Morgan fingerprint density at radius 2 is 2.46 bits per heavy atom. The minimum absolute atomic E-state index is 0.211. The molecule has 3 nitrogen and oxygen atoms in total. The number of alkyl halides is 1. The smallest absolute Gasteiger partial charge is 0.268 e. The average molecular weight is 215 g/mol. The maximum atomic E-state index is 5.80. The molecule has 0 saturated carbocycles. The predicted molar refractivity (Wildman–Crippen MR) is 51.9 cm³/mol. The van der Waals surface area contributed by atoms with Gasteiger partial charge in [0.2, 0.25) is 0 Å². The summed E-state index contributed by atoms with van der Waals surface area (Å²) < 4.78 is 5.04. The molecule has 0 spiro atoms. The molecule has 0 aliphatic rings. The van der Waals surface area contributed by atoms with Gasteiger partial charge in [-0.2, -0.15) is 4.98 Å². The molecule has 1 atom stereocenters. The van der Waals surface area contributed by atoms with Crippen molar-refractivity contribution < 1.29 is 4.52 Å². The quantitative estimate of drug-likeness (QED) is 0.722. The summed E-state index contributed by atoms with van der Waals surface area (Å²) in [6.07, 6.45) is 0. The lowest BCUT2D eigenvalue weighted by molar-refractivity contribution is 0.423. The summed E-state index contributed by atoms with van der Waals surface area (Å²) in [5, 5.41) is 5.51. The number of hydrogen-bond donors (Lipinski definition) is 0. The third-order valence-electron chi connectivity index (χ3n) is 1.53. The van der Waals surface area contributed by atoms with Crippen molar-refractivity contribution in [3.8, 4) is 10.8 Å². The maximum Gasteiger partial charge on any atom is 0.268 e. The van der Waals surface area contributed by atoms with Crippen LogP contribution in [0.25, 0.3) is 10.8 Å². The van der Waals surface area contributed by atoms with Crippen molar-refractivity contribution in [2.75, 3.05) is 0 Å². The van der Waals surface area contributed by atoms with Gasteiger partial charge in [-0.25, -0.2) is 0 Å². The Hall–Kier alpha value is -0.870. The van der Waals surface area contributed by atoms with Gasteiger partial charge >= 0.3 is 0 Å². The van der Waals surface area contributed by atoms with Gasteiger partial charge in [-0.15, -0.1) is 22.9 Å². The van der Waals surface area contributed by atoms with Crippen molar-refractivity contribution in [2.45, 2.75) is 12.3 Å². The highest BCUT2D eigenvalue weighted by atomic mass is 35.5. The Morgan fingerprint density at radius 1 is 1.62 bits per heavy atom. The van der Waals surface area contributed by atoms with E-state index in [-0.39, 0.29) is 5.38 Å². The van der Waals surface area contributed by atoms with Crippen molar-refractivity contribution in [1.29, 1.82) is 0 Å². The molecule has 2 aromatic rings. The maximum absolute atomic E-state index is 5.80. The molecule has 0 aromatic carbocycles. The van der Waals surface area contributed by atoms with E-state index in [1.807, 2.05) is 24.4 Å². The van der Waals surface area contributed by atoms with Crippen LogP contribution in [-0.2, 0) is 0 Å². The van der Waals surface area contributed by atoms with Crippen molar-refractivity contribution in [1.82, 2.24) is 10.1 Å². The highest BCUT2D eigenvalue weighted by molar-refractivity contribution is 7.13. The van der Waals surface area contributed by atoms with E-state index in [1.54, 1.807) is 11.3 Å². The van der Waals surface area contributed by atoms with Gasteiger partial charge in [0, 0.05) is 0 Å². The van der Waals surface area contributed by atoms with Crippen molar-refractivity contribution >= 4 is 22.9 Å². The second-order valence-corrected chi connectivity index (χ2v) is 4.15. The second-order valence-electron chi connectivity index (χ2n) is 2.55. The molecule has 0 aliphatic heterocycles. The summed E-state index contributed by atoms with van der Waals surface area (Å²) in [6.45, 7) is 1.81. The topological polar surface area (TPSA) is 38.9 Å². The van der Waals surface area contributed by atoms with Crippen molar-refractivity contribution in [2.24, 2.45) is 0 Å². The molecule has 0 N–H and O–H groups in total. The van der Waals surface area contributed by atoms with Gasteiger partial charge in [-0.3, -0.25) is 0 Å². The minimum atomic E-state index is -0.211. The van der Waals surface area contributed by atoms with Crippen LogP contribution >= 0.6 is 22.9 Å². The normalized spacial score (nSPS) is 13.1. The first-order valence-electron chi connectivity index (χ1n) is 3.79. The van der Waals surface area contributed by atoms with Crippen molar-refractivity contribution in [3.05, 3.63) is 23.3 Å². The summed E-state index contributed by atoms with van der Waals surface area (Å²) in [5.74, 6) is 1.07. The van der Waals surface area contributed by atoms with Crippen LogP contribution in [0, 0.1) is 0 Å². The molecule has 0 saturated heterocycles. The van der Waals surface area contributed by atoms with Gasteiger partial charge in [0.25, 0.3) is 5.89 Å². The van der Waals surface area contributed by atoms with Gasteiger partial charge < -0.3 is 4.52 Å². The van der Waals surface area contributed by atoms with E-state index in [2.05, 4.69) is 10.1 Å². The highest BCUT2D eigenvalue weighted by Gasteiger charge is 2.12. The number of halogens is 1.